The molecule has 4 heteroatoms. The zero-order valence-electron chi connectivity index (χ0n) is 15.5. The van der Waals surface area contributed by atoms with Gasteiger partial charge in [-0.1, -0.05) is 60.7 Å². The molecule has 27 heavy (non-hydrogen) atoms. The van der Waals surface area contributed by atoms with Crippen molar-refractivity contribution in [2.45, 2.75) is 13.0 Å². The summed E-state index contributed by atoms with van der Waals surface area (Å²) < 4.78 is 10.7. The van der Waals surface area contributed by atoms with Gasteiger partial charge in [-0.05, 0) is 35.7 Å². The van der Waals surface area contributed by atoms with E-state index in [-0.39, 0.29) is 18.6 Å². The number of ether oxygens (including phenoxy) is 2. The first-order valence-electron chi connectivity index (χ1n) is 8.87. The number of carbonyl (C=O) groups excluding carboxylic acids is 1. The third-order valence-corrected chi connectivity index (χ3v) is 4.31. The molecule has 0 aromatic heterocycles. The number of methoxy groups -OCH3 is 1. The molecule has 0 spiro atoms. The van der Waals surface area contributed by atoms with E-state index in [4.69, 9.17) is 9.47 Å². The Morgan fingerprint density at radius 3 is 2.26 bits per heavy atom. The molecule has 0 aliphatic rings. The van der Waals surface area contributed by atoms with Gasteiger partial charge in [-0.2, -0.15) is 0 Å². The van der Waals surface area contributed by atoms with E-state index in [0.717, 1.165) is 11.1 Å². The minimum atomic E-state index is -0.169. The lowest BCUT2D eigenvalue weighted by Gasteiger charge is -2.15. The lowest BCUT2D eigenvalue weighted by molar-refractivity contribution is -0.123. The summed E-state index contributed by atoms with van der Waals surface area (Å²) in [5.74, 6) is 1.13. The highest BCUT2D eigenvalue weighted by molar-refractivity contribution is 5.78. The number of nitrogens with one attached hydrogen (secondary N) is 1. The predicted octanol–water partition coefficient (Wildman–Crippen LogP) is 4.62. The summed E-state index contributed by atoms with van der Waals surface area (Å²) >= 11 is 0. The van der Waals surface area contributed by atoms with Crippen molar-refractivity contribution in [2.24, 2.45) is 0 Å². The second-order valence-electron chi connectivity index (χ2n) is 6.24. The second-order valence-corrected chi connectivity index (χ2v) is 6.24. The molecule has 0 saturated heterocycles. The van der Waals surface area contributed by atoms with Crippen molar-refractivity contribution in [3.05, 3.63) is 84.4 Å². The number of hydrogen-bond acceptors (Lipinski definition) is 3. The van der Waals surface area contributed by atoms with Crippen molar-refractivity contribution in [1.29, 1.82) is 0 Å². The highest BCUT2D eigenvalue weighted by Crippen LogP contribution is 2.22. The fraction of sp³-hybridized carbons (Fsp3) is 0.174. The summed E-state index contributed by atoms with van der Waals surface area (Å²) in [6.45, 7) is 1.92. The molecule has 0 aliphatic heterocycles. The molecular weight excluding hydrogens is 338 g/mol. The number of benzene rings is 3. The smallest absolute Gasteiger partial charge is 0.258 e. The topological polar surface area (TPSA) is 47.6 Å². The number of hydrogen-bond donors (Lipinski definition) is 1. The minimum absolute atomic E-state index is 0.0421. The molecular formula is C23H23NO3. The Morgan fingerprint density at radius 2 is 1.56 bits per heavy atom. The largest absolute Gasteiger partial charge is 0.497 e. The van der Waals surface area contributed by atoms with E-state index in [9.17, 15) is 4.79 Å². The molecule has 1 amide bonds. The Kier molecular flexibility index (Phi) is 6.10. The molecule has 3 rings (SSSR count). The number of amides is 1. The molecule has 0 fully saturated rings. The van der Waals surface area contributed by atoms with E-state index in [2.05, 4.69) is 29.6 Å². The van der Waals surface area contributed by atoms with Gasteiger partial charge in [-0.3, -0.25) is 4.79 Å². The third kappa shape index (κ3) is 5.11. The summed E-state index contributed by atoms with van der Waals surface area (Å²) in [6, 6.07) is 25.5. The molecule has 3 aromatic carbocycles. The first kappa shape index (κ1) is 18.5. The van der Waals surface area contributed by atoms with Crippen LogP contribution in [0.25, 0.3) is 11.1 Å². The maximum atomic E-state index is 12.2. The van der Waals surface area contributed by atoms with Gasteiger partial charge in [0, 0.05) is 6.07 Å². The van der Waals surface area contributed by atoms with Gasteiger partial charge in [0.1, 0.15) is 11.5 Å². The van der Waals surface area contributed by atoms with Crippen molar-refractivity contribution >= 4 is 5.91 Å². The quantitative estimate of drug-likeness (QED) is 0.668. The van der Waals surface area contributed by atoms with Crippen molar-refractivity contribution in [3.8, 4) is 22.6 Å². The van der Waals surface area contributed by atoms with E-state index in [1.165, 1.54) is 5.56 Å². The van der Waals surface area contributed by atoms with Gasteiger partial charge in [0.15, 0.2) is 6.61 Å². The molecule has 0 radical (unpaired) electrons. The van der Waals surface area contributed by atoms with Crippen LogP contribution in [0.2, 0.25) is 0 Å². The SMILES string of the molecule is COc1cccc(OCC(=O)NC(C)c2ccc(-c3ccccc3)cc2)c1. The average Bonchev–Trinajstić information content (AvgIpc) is 2.73. The molecule has 3 aromatic rings. The van der Waals surface area contributed by atoms with Gasteiger partial charge < -0.3 is 14.8 Å². The van der Waals surface area contributed by atoms with Crippen molar-refractivity contribution in [1.82, 2.24) is 5.32 Å². The fourth-order valence-electron chi connectivity index (χ4n) is 2.80. The second kappa shape index (κ2) is 8.90. The minimum Gasteiger partial charge on any atom is -0.497 e. The highest BCUT2D eigenvalue weighted by Gasteiger charge is 2.10. The molecule has 1 atom stereocenters. The monoisotopic (exact) mass is 361 g/mol. The van der Waals surface area contributed by atoms with Gasteiger partial charge in [-0.25, -0.2) is 0 Å². The molecule has 1 unspecified atom stereocenters. The molecule has 1 N–H and O–H groups in total. The molecule has 0 heterocycles. The van der Waals surface area contributed by atoms with Crippen molar-refractivity contribution < 1.29 is 14.3 Å². The van der Waals surface area contributed by atoms with E-state index in [1.807, 2.05) is 49.4 Å². The van der Waals surface area contributed by atoms with Crippen molar-refractivity contribution in [3.63, 3.8) is 0 Å². The average molecular weight is 361 g/mol. The lowest BCUT2D eigenvalue weighted by Crippen LogP contribution is -2.31. The van der Waals surface area contributed by atoms with E-state index in [0.29, 0.717) is 11.5 Å². The van der Waals surface area contributed by atoms with Crippen LogP contribution in [-0.4, -0.2) is 19.6 Å². The van der Waals surface area contributed by atoms with Crippen LogP contribution in [0, 0.1) is 0 Å². The predicted molar refractivity (Wildman–Crippen MR) is 107 cm³/mol. The molecule has 0 saturated carbocycles. The molecule has 138 valence electrons. The molecule has 4 nitrogen and oxygen atoms in total. The van der Waals surface area contributed by atoms with Crippen molar-refractivity contribution in [2.75, 3.05) is 13.7 Å². The van der Waals surface area contributed by atoms with E-state index < -0.39 is 0 Å². The maximum Gasteiger partial charge on any atom is 0.258 e. The van der Waals surface area contributed by atoms with Crippen LogP contribution in [0.4, 0.5) is 0 Å². The Bertz CT molecular complexity index is 876. The Balaban J connectivity index is 1.54. The van der Waals surface area contributed by atoms with E-state index in [1.54, 1.807) is 19.2 Å². The summed E-state index contributed by atoms with van der Waals surface area (Å²) in [7, 11) is 1.59. The first-order valence-corrected chi connectivity index (χ1v) is 8.87. The van der Waals surface area contributed by atoms with Gasteiger partial charge >= 0.3 is 0 Å². The Labute approximate surface area is 159 Å². The molecule has 0 bridgehead atoms. The molecule has 0 aliphatic carbocycles. The summed E-state index contributed by atoms with van der Waals surface area (Å²) in [5, 5.41) is 2.96. The van der Waals surface area contributed by atoms with Gasteiger partial charge in [0.05, 0.1) is 13.2 Å². The van der Waals surface area contributed by atoms with Gasteiger partial charge in [-0.15, -0.1) is 0 Å². The summed E-state index contributed by atoms with van der Waals surface area (Å²) in [4.78, 5) is 12.2. The normalized spacial score (nSPS) is 11.5. The van der Waals surface area contributed by atoms with Crippen LogP contribution in [0.5, 0.6) is 11.5 Å². The Morgan fingerprint density at radius 1 is 0.889 bits per heavy atom. The van der Waals surface area contributed by atoms with Crippen LogP contribution >= 0.6 is 0 Å². The first-order chi connectivity index (χ1) is 13.2. The zero-order chi connectivity index (χ0) is 19.1. The number of rotatable bonds is 7. The summed E-state index contributed by atoms with van der Waals surface area (Å²) in [5.41, 5.74) is 3.37. The van der Waals surface area contributed by atoms with Gasteiger partial charge in [0.25, 0.3) is 5.91 Å². The summed E-state index contributed by atoms with van der Waals surface area (Å²) in [6.07, 6.45) is 0. The standard InChI is InChI=1S/C23H23NO3/c1-17(18-11-13-20(14-12-18)19-7-4-3-5-8-19)24-23(25)16-27-22-10-6-9-21(15-22)26-2/h3-15,17H,16H2,1-2H3,(H,24,25). The Hall–Kier alpha value is -3.27. The fourth-order valence-corrected chi connectivity index (χ4v) is 2.80. The van der Waals surface area contributed by atoms with Crippen LogP contribution in [0.15, 0.2) is 78.9 Å². The number of carbonyl (C=O) groups is 1. The van der Waals surface area contributed by atoms with Gasteiger partial charge in [0.2, 0.25) is 0 Å². The maximum absolute atomic E-state index is 12.2. The zero-order valence-corrected chi connectivity index (χ0v) is 15.5. The lowest BCUT2D eigenvalue weighted by atomic mass is 10.0. The van der Waals surface area contributed by atoms with Crippen LogP contribution in [-0.2, 0) is 4.79 Å². The van der Waals surface area contributed by atoms with Crippen LogP contribution in [0.1, 0.15) is 18.5 Å². The van der Waals surface area contributed by atoms with Crippen LogP contribution < -0.4 is 14.8 Å². The third-order valence-electron chi connectivity index (χ3n) is 4.31. The van der Waals surface area contributed by atoms with Crippen LogP contribution in [0.3, 0.4) is 0 Å². The van der Waals surface area contributed by atoms with E-state index >= 15 is 0 Å². The highest BCUT2D eigenvalue weighted by atomic mass is 16.5.